The molecule has 0 bridgehead atoms. The monoisotopic (exact) mass is 394 g/mol. The number of pyridine rings is 1. The van der Waals surface area contributed by atoms with Crippen LogP contribution in [-0.4, -0.2) is 42.8 Å². The van der Waals surface area contributed by atoms with Crippen molar-refractivity contribution in [3.05, 3.63) is 59.5 Å². The molecule has 10 nitrogen and oxygen atoms in total. The molecule has 0 atom stereocenters. The number of nitrogens with one attached hydrogen (secondary N) is 1. The third-order valence-corrected chi connectivity index (χ3v) is 4.10. The Morgan fingerprint density at radius 3 is 2.83 bits per heavy atom. The second-order valence-electron chi connectivity index (χ2n) is 5.98. The van der Waals surface area contributed by atoms with Crippen LogP contribution in [0.4, 0.5) is 10.2 Å². The normalized spacial score (nSPS) is 10.8. The van der Waals surface area contributed by atoms with Gasteiger partial charge in [-0.2, -0.15) is 0 Å². The Bertz CT molecular complexity index is 1210. The summed E-state index contributed by atoms with van der Waals surface area (Å²) >= 11 is 0. The van der Waals surface area contributed by atoms with Gasteiger partial charge in [0.25, 0.3) is 11.8 Å². The third-order valence-electron chi connectivity index (χ3n) is 4.10. The molecule has 0 unspecified atom stereocenters. The molecule has 0 aliphatic heterocycles. The van der Waals surface area contributed by atoms with E-state index in [2.05, 4.69) is 30.7 Å². The molecule has 11 heteroatoms. The molecule has 0 fully saturated rings. The number of carbonyl (C=O) groups excluding carboxylic acids is 1. The number of hydrogen-bond donors (Lipinski definition) is 2. The molecule has 0 aliphatic rings. The van der Waals surface area contributed by atoms with E-state index in [1.54, 1.807) is 34.9 Å². The van der Waals surface area contributed by atoms with Gasteiger partial charge >= 0.3 is 0 Å². The van der Waals surface area contributed by atoms with Crippen LogP contribution in [0, 0.1) is 5.82 Å². The number of anilines is 1. The van der Waals surface area contributed by atoms with Crippen molar-refractivity contribution in [2.75, 3.05) is 12.4 Å². The van der Waals surface area contributed by atoms with Crippen molar-refractivity contribution in [3.63, 3.8) is 0 Å². The molecule has 0 spiro atoms. The molecule has 3 heterocycles. The lowest BCUT2D eigenvalue weighted by Crippen LogP contribution is -2.12. The summed E-state index contributed by atoms with van der Waals surface area (Å²) < 4.78 is 20.1. The molecular weight excluding hydrogens is 379 g/mol. The maximum Gasteiger partial charge on any atom is 0.276 e. The number of hydrogen-bond acceptors (Lipinski definition) is 8. The van der Waals surface area contributed by atoms with Crippen LogP contribution >= 0.6 is 0 Å². The third kappa shape index (κ3) is 3.52. The maximum atomic E-state index is 13.4. The Kier molecular flexibility index (Phi) is 4.69. The van der Waals surface area contributed by atoms with Gasteiger partial charge < -0.3 is 15.8 Å². The number of benzene rings is 1. The largest absolute Gasteiger partial charge is 0.477 e. The van der Waals surface area contributed by atoms with Gasteiger partial charge in [0.2, 0.25) is 11.6 Å². The molecule has 3 N–H and O–H groups in total. The predicted molar refractivity (Wildman–Crippen MR) is 101 cm³/mol. The molecule has 146 valence electrons. The molecule has 0 saturated heterocycles. The number of fused-ring (bicyclic) bond motifs is 1. The summed E-state index contributed by atoms with van der Waals surface area (Å²) in [6.07, 6.45) is 1.66. The van der Waals surface area contributed by atoms with E-state index < -0.39 is 5.91 Å². The van der Waals surface area contributed by atoms with Gasteiger partial charge in [-0.25, -0.2) is 9.37 Å². The number of carbonyl (C=O) groups is 1. The van der Waals surface area contributed by atoms with Crippen molar-refractivity contribution < 1.29 is 13.9 Å². The van der Waals surface area contributed by atoms with E-state index in [9.17, 15) is 9.18 Å². The van der Waals surface area contributed by atoms with E-state index in [-0.39, 0.29) is 34.6 Å². The van der Waals surface area contributed by atoms with Crippen molar-refractivity contribution >= 4 is 17.4 Å². The average molecular weight is 394 g/mol. The highest BCUT2D eigenvalue weighted by molar-refractivity contribution is 5.98. The molecule has 4 aromatic rings. The van der Waals surface area contributed by atoms with Crippen LogP contribution in [0.15, 0.2) is 42.6 Å². The molecule has 29 heavy (non-hydrogen) atoms. The van der Waals surface area contributed by atoms with Gasteiger partial charge in [0.05, 0.1) is 12.7 Å². The summed E-state index contributed by atoms with van der Waals surface area (Å²) in [5, 5.41) is 19.1. The zero-order chi connectivity index (χ0) is 20.4. The maximum absolute atomic E-state index is 13.4. The Labute approximate surface area is 163 Å². The van der Waals surface area contributed by atoms with Gasteiger partial charge in [0.15, 0.2) is 11.5 Å². The summed E-state index contributed by atoms with van der Waals surface area (Å²) in [5.41, 5.74) is 6.59. The van der Waals surface area contributed by atoms with E-state index >= 15 is 0 Å². The summed E-state index contributed by atoms with van der Waals surface area (Å²) in [6.45, 7) is 0.290. The quantitative estimate of drug-likeness (QED) is 0.502. The molecule has 3 aromatic heterocycles. The van der Waals surface area contributed by atoms with E-state index in [0.29, 0.717) is 17.9 Å². The minimum Gasteiger partial charge on any atom is -0.477 e. The highest BCUT2D eigenvalue weighted by Crippen LogP contribution is 2.23. The van der Waals surface area contributed by atoms with Gasteiger partial charge in [-0.15, -0.1) is 20.4 Å². The first-order chi connectivity index (χ1) is 14.1. The van der Waals surface area contributed by atoms with Gasteiger partial charge in [0.1, 0.15) is 5.82 Å². The number of rotatable bonds is 6. The highest BCUT2D eigenvalue weighted by atomic mass is 19.1. The molecule has 4 rings (SSSR count). The first kappa shape index (κ1) is 18.2. The summed E-state index contributed by atoms with van der Waals surface area (Å²) in [6, 6.07) is 9.36. The Morgan fingerprint density at radius 2 is 2.07 bits per heavy atom. The summed E-state index contributed by atoms with van der Waals surface area (Å²) in [5.74, 6) is -0.0752. The smallest absolute Gasteiger partial charge is 0.276 e. The van der Waals surface area contributed by atoms with Crippen LogP contribution in [0.5, 0.6) is 5.88 Å². The molecular formula is C18H15FN8O2. The molecule has 1 amide bonds. The van der Waals surface area contributed by atoms with E-state index in [0.717, 1.165) is 0 Å². The Hall–Kier alpha value is -4.15. The standard InChI is InChI=1S/C18H15FN8O2/c1-29-18-15(21-9-10-4-2-5-11(19)8-10)22-14(23-26-18)17-25-24-16-12(13(20)28)6-3-7-27(16)17/h2-8H,9H2,1H3,(H2,20,28)(H,21,22,23). The fourth-order valence-corrected chi connectivity index (χ4v) is 2.76. The van der Waals surface area contributed by atoms with Crippen molar-refractivity contribution in [3.8, 4) is 17.5 Å². The molecule has 0 saturated carbocycles. The van der Waals surface area contributed by atoms with Crippen molar-refractivity contribution in [1.82, 2.24) is 29.8 Å². The lowest BCUT2D eigenvalue weighted by molar-refractivity contribution is 0.100. The second-order valence-corrected chi connectivity index (χ2v) is 5.98. The number of nitrogens with zero attached hydrogens (tertiary/aromatic N) is 6. The average Bonchev–Trinajstić information content (AvgIpc) is 3.16. The van der Waals surface area contributed by atoms with Crippen LogP contribution in [0.2, 0.25) is 0 Å². The van der Waals surface area contributed by atoms with E-state index in [1.165, 1.54) is 19.2 Å². The zero-order valence-electron chi connectivity index (χ0n) is 15.2. The van der Waals surface area contributed by atoms with E-state index in [4.69, 9.17) is 10.5 Å². The van der Waals surface area contributed by atoms with Crippen LogP contribution < -0.4 is 15.8 Å². The lowest BCUT2D eigenvalue weighted by Gasteiger charge is -2.10. The van der Waals surface area contributed by atoms with Gasteiger partial charge in [-0.05, 0) is 29.8 Å². The number of halogens is 1. The minimum atomic E-state index is -0.624. The van der Waals surface area contributed by atoms with Gasteiger partial charge in [0, 0.05) is 12.7 Å². The summed E-state index contributed by atoms with van der Waals surface area (Å²) in [4.78, 5) is 16.0. The van der Waals surface area contributed by atoms with Crippen molar-refractivity contribution in [2.24, 2.45) is 5.73 Å². The Morgan fingerprint density at radius 1 is 1.21 bits per heavy atom. The fraction of sp³-hybridized carbons (Fsp3) is 0.111. The number of methoxy groups -OCH3 is 1. The van der Waals surface area contributed by atoms with E-state index in [1.807, 2.05) is 0 Å². The molecule has 0 radical (unpaired) electrons. The number of ether oxygens (including phenoxy) is 1. The van der Waals surface area contributed by atoms with Gasteiger partial charge in [-0.1, -0.05) is 12.1 Å². The van der Waals surface area contributed by atoms with Crippen LogP contribution in [0.1, 0.15) is 15.9 Å². The fourth-order valence-electron chi connectivity index (χ4n) is 2.76. The number of primary amides is 1. The first-order valence-corrected chi connectivity index (χ1v) is 8.48. The SMILES string of the molecule is COc1nnc(-c2nnc3c(C(N)=O)cccn23)nc1NCc1cccc(F)c1. The molecule has 0 aliphatic carbocycles. The van der Waals surface area contributed by atoms with Gasteiger partial charge in [-0.3, -0.25) is 9.20 Å². The Balaban J connectivity index is 1.70. The highest BCUT2D eigenvalue weighted by Gasteiger charge is 2.18. The first-order valence-electron chi connectivity index (χ1n) is 8.48. The van der Waals surface area contributed by atoms with Crippen LogP contribution in [0.3, 0.4) is 0 Å². The van der Waals surface area contributed by atoms with Crippen molar-refractivity contribution in [2.45, 2.75) is 6.54 Å². The second kappa shape index (κ2) is 7.46. The van der Waals surface area contributed by atoms with Crippen LogP contribution in [-0.2, 0) is 6.54 Å². The molecule has 1 aromatic carbocycles. The number of nitrogens with two attached hydrogens (primary N) is 1. The number of amides is 1. The lowest BCUT2D eigenvalue weighted by atomic mass is 10.2. The minimum absolute atomic E-state index is 0.154. The topological polar surface area (TPSA) is 133 Å². The van der Waals surface area contributed by atoms with Crippen molar-refractivity contribution in [1.29, 1.82) is 0 Å². The zero-order valence-corrected chi connectivity index (χ0v) is 15.2. The predicted octanol–water partition coefficient (Wildman–Crippen LogP) is 1.44. The van der Waals surface area contributed by atoms with Crippen LogP contribution in [0.25, 0.3) is 17.3 Å². The number of aromatic nitrogens is 6. The summed E-state index contributed by atoms with van der Waals surface area (Å²) in [7, 11) is 1.43.